The summed E-state index contributed by atoms with van der Waals surface area (Å²) in [4.78, 5) is 38.7. The summed E-state index contributed by atoms with van der Waals surface area (Å²) in [5.74, 6) is -0.536. The quantitative estimate of drug-likeness (QED) is 0.410. The molecule has 178 valence electrons. The third kappa shape index (κ3) is 5.63. The average Bonchev–Trinajstić information content (AvgIpc) is 2.89. The van der Waals surface area contributed by atoms with Crippen LogP contribution in [-0.2, 0) is 13.1 Å². The first-order valence-electron chi connectivity index (χ1n) is 11.7. The fourth-order valence-corrected chi connectivity index (χ4v) is 3.76. The first-order chi connectivity index (χ1) is 17.0. The van der Waals surface area contributed by atoms with Crippen molar-refractivity contribution in [3.63, 3.8) is 0 Å². The highest BCUT2D eigenvalue weighted by Gasteiger charge is 2.17. The van der Waals surface area contributed by atoms with E-state index in [0.29, 0.717) is 16.3 Å². The first-order valence-corrected chi connectivity index (χ1v) is 11.7. The van der Waals surface area contributed by atoms with Crippen LogP contribution in [0.4, 0.5) is 0 Å². The summed E-state index contributed by atoms with van der Waals surface area (Å²) >= 11 is 0. The van der Waals surface area contributed by atoms with Crippen molar-refractivity contribution in [2.75, 3.05) is 0 Å². The molecule has 7 nitrogen and oxygen atoms in total. The number of aromatic nitrogens is 2. The summed E-state index contributed by atoms with van der Waals surface area (Å²) in [6.45, 7) is 4.45. The van der Waals surface area contributed by atoms with E-state index in [9.17, 15) is 14.4 Å². The second kappa shape index (κ2) is 10.8. The normalized spacial score (nSPS) is 11.7. The maximum atomic E-state index is 13.2. The van der Waals surface area contributed by atoms with Crippen molar-refractivity contribution in [3.05, 3.63) is 112 Å². The van der Waals surface area contributed by atoms with Gasteiger partial charge in [0, 0.05) is 23.5 Å². The lowest BCUT2D eigenvalue weighted by Gasteiger charge is -2.13. The zero-order chi connectivity index (χ0) is 24.8. The summed E-state index contributed by atoms with van der Waals surface area (Å²) in [7, 11) is 0. The van der Waals surface area contributed by atoms with Crippen molar-refractivity contribution in [3.8, 4) is 0 Å². The number of benzene rings is 3. The van der Waals surface area contributed by atoms with Crippen molar-refractivity contribution in [1.82, 2.24) is 20.4 Å². The Balaban J connectivity index is 1.57. The molecule has 0 spiro atoms. The lowest BCUT2D eigenvalue weighted by Crippen LogP contribution is -2.32. The van der Waals surface area contributed by atoms with Gasteiger partial charge in [-0.25, -0.2) is 4.68 Å². The highest BCUT2D eigenvalue weighted by Crippen LogP contribution is 2.14. The molecule has 4 aromatic rings. The Morgan fingerprint density at radius 2 is 1.57 bits per heavy atom. The number of carbonyl (C=O) groups excluding carboxylic acids is 2. The van der Waals surface area contributed by atoms with E-state index in [1.165, 1.54) is 4.68 Å². The van der Waals surface area contributed by atoms with Gasteiger partial charge in [-0.15, -0.1) is 0 Å². The van der Waals surface area contributed by atoms with Gasteiger partial charge in [0.05, 0.1) is 11.9 Å². The number of amides is 2. The molecule has 1 unspecified atom stereocenters. The molecule has 0 aliphatic rings. The molecule has 7 heteroatoms. The molecule has 0 radical (unpaired) electrons. The van der Waals surface area contributed by atoms with Gasteiger partial charge in [-0.3, -0.25) is 14.4 Å². The second-order valence-corrected chi connectivity index (χ2v) is 8.51. The molecular formula is C28H28N4O3. The van der Waals surface area contributed by atoms with Crippen molar-refractivity contribution >= 4 is 22.6 Å². The standard InChI is InChI=1S/C28H28N4O3/c1-3-19(2)30-26(33)22-13-9-12-21(16-22)17-29-27(34)25-23-14-7-8-15-24(23)28(35)32(31-25)18-20-10-5-4-6-11-20/h4-16,19H,3,17-18H2,1-2H3,(H,29,34)(H,30,33). The molecule has 35 heavy (non-hydrogen) atoms. The highest BCUT2D eigenvalue weighted by atomic mass is 16.2. The van der Waals surface area contributed by atoms with Crippen LogP contribution in [0.3, 0.4) is 0 Å². The largest absolute Gasteiger partial charge is 0.350 e. The monoisotopic (exact) mass is 468 g/mol. The Morgan fingerprint density at radius 1 is 0.886 bits per heavy atom. The van der Waals surface area contributed by atoms with Crippen LogP contribution in [0.1, 0.15) is 52.2 Å². The Labute approximate surface area is 203 Å². The van der Waals surface area contributed by atoms with Gasteiger partial charge in [0.1, 0.15) is 0 Å². The van der Waals surface area contributed by atoms with Gasteiger partial charge in [0.2, 0.25) is 0 Å². The Bertz CT molecular complexity index is 1410. The van der Waals surface area contributed by atoms with Gasteiger partial charge in [0.15, 0.2) is 5.69 Å². The van der Waals surface area contributed by atoms with Crippen molar-refractivity contribution in [2.24, 2.45) is 0 Å². The van der Waals surface area contributed by atoms with E-state index in [-0.39, 0.29) is 36.3 Å². The smallest absolute Gasteiger partial charge is 0.274 e. The van der Waals surface area contributed by atoms with Crippen LogP contribution in [0.5, 0.6) is 0 Å². The number of rotatable bonds is 8. The van der Waals surface area contributed by atoms with E-state index in [4.69, 9.17) is 0 Å². The summed E-state index contributed by atoms with van der Waals surface area (Å²) in [5.41, 5.74) is 2.17. The van der Waals surface area contributed by atoms with Gasteiger partial charge in [-0.05, 0) is 42.7 Å². The highest BCUT2D eigenvalue weighted by molar-refractivity contribution is 6.04. The minimum atomic E-state index is -0.391. The summed E-state index contributed by atoms with van der Waals surface area (Å²) in [5, 5.41) is 11.2. The fraction of sp³-hybridized carbons (Fsp3) is 0.214. The maximum Gasteiger partial charge on any atom is 0.274 e. The van der Waals surface area contributed by atoms with Crippen LogP contribution < -0.4 is 16.2 Å². The van der Waals surface area contributed by atoms with Crippen LogP contribution in [-0.4, -0.2) is 27.6 Å². The number of fused-ring (bicyclic) bond motifs is 1. The molecule has 0 aliphatic heterocycles. The SMILES string of the molecule is CCC(C)NC(=O)c1cccc(CNC(=O)c2nn(Cc3ccccc3)c(=O)c3ccccc23)c1. The molecule has 3 aromatic carbocycles. The zero-order valence-electron chi connectivity index (χ0n) is 19.8. The molecule has 0 saturated carbocycles. The molecule has 0 bridgehead atoms. The van der Waals surface area contributed by atoms with E-state index in [2.05, 4.69) is 15.7 Å². The molecule has 1 heterocycles. The molecular weight excluding hydrogens is 440 g/mol. The maximum absolute atomic E-state index is 13.2. The van der Waals surface area contributed by atoms with Gasteiger partial charge in [-0.1, -0.05) is 67.6 Å². The van der Waals surface area contributed by atoms with Crippen molar-refractivity contribution in [1.29, 1.82) is 0 Å². The topological polar surface area (TPSA) is 93.1 Å². The molecule has 1 aromatic heterocycles. The minimum absolute atomic E-state index is 0.0804. The number of carbonyl (C=O) groups is 2. The molecule has 1 atom stereocenters. The van der Waals surface area contributed by atoms with Crippen LogP contribution in [0.15, 0.2) is 83.7 Å². The number of hydrogen-bond acceptors (Lipinski definition) is 4. The predicted molar refractivity (Wildman–Crippen MR) is 136 cm³/mol. The number of nitrogens with zero attached hydrogens (tertiary/aromatic N) is 2. The van der Waals surface area contributed by atoms with Gasteiger partial charge in [-0.2, -0.15) is 5.10 Å². The summed E-state index contributed by atoms with van der Waals surface area (Å²) in [6.07, 6.45) is 0.842. The van der Waals surface area contributed by atoms with E-state index in [1.54, 1.807) is 42.5 Å². The van der Waals surface area contributed by atoms with E-state index >= 15 is 0 Å². The van der Waals surface area contributed by atoms with Crippen LogP contribution in [0, 0.1) is 0 Å². The van der Waals surface area contributed by atoms with E-state index < -0.39 is 5.91 Å². The summed E-state index contributed by atoms with van der Waals surface area (Å²) < 4.78 is 1.33. The van der Waals surface area contributed by atoms with Gasteiger partial charge < -0.3 is 10.6 Å². The lowest BCUT2D eigenvalue weighted by atomic mass is 10.1. The van der Waals surface area contributed by atoms with Crippen molar-refractivity contribution in [2.45, 2.75) is 39.4 Å². The lowest BCUT2D eigenvalue weighted by molar-refractivity contribution is 0.0935. The molecule has 0 saturated heterocycles. The third-order valence-electron chi connectivity index (χ3n) is 5.89. The molecule has 0 fully saturated rings. The summed E-state index contributed by atoms with van der Waals surface area (Å²) in [6, 6.07) is 23.7. The average molecular weight is 469 g/mol. The molecule has 0 aliphatic carbocycles. The predicted octanol–water partition coefficient (Wildman–Crippen LogP) is 3.90. The van der Waals surface area contributed by atoms with Gasteiger partial charge in [0.25, 0.3) is 17.4 Å². The van der Waals surface area contributed by atoms with E-state index in [1.807, 2.05) is 50.2 Å². The molecule has 2 amide bonds. The van der Waals surface area contributed by atoms with Crippen molar-refractivity contribution < 1.29 is 9.59 Å². The second-order valence-electron chi connectivity index (χ2n) is 8.51. The molecule has 2 N–H and O–H groups in total. The Hall–Kier alpha value is -4.26. The van der Waals surface area contributed by atoms with E-state index in [0.717, 1.165) is 17.5 Å². The van der Waals surface area contributed by atoms with Crippen LogP contribution >= 0.6 is 0 Å². The van der Waals surface area contributed by atoms with Gasteiger partial charge >= 0.3 is 0 Å². The fourth-order valence-electron chi connectivity index (χ4n) is 3.76. The number of hydrogen-bond donors (Lipinski definition) is 2. The Kier molecular flexibility index (Phi) is 7.35. The third-order valence-corrected chi connectivity index (χ3v) is 5.89. The first kappa shape index (κ1) is 23.9. The van der Waals surface area contributed by atoms with Crippen LogP contribution in [0.2, 0.25) is 0 Å². The van der Waals surface area contributed by atoms with Crippen LogP contribution in [0.25, 0.3) is 10.8 Å². The molecule has 4 rings (SSSR count). The zero-order valence-corrected chi connectivity index (χ0v) is 19.8. The number of nitrogens with one attached hydrogen (secondary N) is 2. The Morgan fingerprint density at radius 3 is 2.31 bits per heavy atom. The minimum Gasteiger partial charge on any atom is -0.350 e.